The first-order chi connectivity index (χ1) is 8.95. The molecule has 0 spiro atoms. The highest BCUT2D eigenvalue weighted by Gasteiger charge is 2.11. The van der Waals surface area contributed by atoms with Crippen LogP contribution in [0.2, 0.25) is 5.02 Å². The summed E-state index contributed by atoms with van der Waals surface area (Å²) < 4.78 is 0. The number of hydrogen-bond donors (Lipinski definition) is 4. The zero-order valence-electron chi connectivity index (χ0n) is 9.48. The van der Waals surface area contributed by atoms with Crippen molar-refractivity contribution in [1.82, 2.24) is 4.98 Å². The second-order valence-electron chi connectivity index (χ2n) is 3.73. The maximum absolute atomic E-state index is 11.9. The Kier molecular flexibility index (Phi) is 3.43. The van der Waals surface area contributed by atoms with Crippen molar-refractivity contribution in [2.75, 3.05) is 5.32 Å². The van der Waals surface area contributed by atoms with Crippen molar-refractivity contribution >= 4 is 23.2 Å². The number of anilines is 1. The van der Waals surface area contributed by atoms with E-state index < -0.39 is 17.3 Å². The molecule has 0 saturated carbocycles. The fourth-order valence-electron chi connectivity index (χ4n) is 1.46. The van der Waals surface area contributed by atoms with Gasteiger partial charge in [0.1, 0.15) is 5.75 Å². The Balaban J connectivity index is 2.30. The standard InChI is InChI=1S/C12H9ClN2O4/c13-7-1-2-9(16)8(5-7)14-12(19)6-3-10(17)15-11(18)4-6/h1-5,16H,(H,14,19)(H2,15,17,18). The minimum absolute atomic E-state index is 0.0411. The lowest BCUT2D eigenvalue weighted by atomic mass is 10.2. The largest absolute Gasteiger partial charge is 0.506 e. The molecule has 0 saturated heterocycles. The van der Waals surface area contributed by atoms with Crippen molar-refractivity contribution in [3.63, 3.8) is 0 Å². The maximum Gasteiger partial charge on any atom is 0.256 e. The van der Waals surface area contributed by atoms with Gasteiger partial charge in [-0.05, 0) is 18.2 Å². The predicted octanol–water partition coefficient (Wildman–Crippen LogP) is 1.69. The summed E-state index contributed by atoms with van der Waals surface area (Å²) in [7, 11) is 0. The molecule has 1 amide bonds. The summed E-state index contributed by atoms with van der Waals surface area (Å²) >= 11 is 5.74. The van der Waals surface area contributed by atoms with Crippen molar-refractivity contribution in [2.45, 2.75) is 0 Å². The van der Waals surface area contributed by atoms with E-state index in [1.54, 1.807) is 0 Å². The predicted molar refractivity (Wildman–Crippen MR) is 69.8 cm³/mol. The molecule has 0 aliphatic carbocycles. The van der Waals surface area contributed by atoms with Crippen LogP contribution in [-0.2, 0) is 0 Å². The number of phenolic OH excluding ortho intramolecular Hbond substituents is 1. The van der Waals surface area contributed by atoms with Crippen molar-refractivity contribution in [3.8, 4) is 11.6 Å². The zero-order chi connectivity index (χ0) is 14.0. The van der Waals surface area contributed by atoms with Gasteiger partial charge in [0, 0.05) is 17.2 Å². The number of rotatable bonds is 2. The Labute approximate surface area is 112 Å². The van der Waals surface area contributed by atoms with Crippen LogP contribution in [0.3, 0.4) is 0 Å². The van der Waals surface area contributed by atoms with E-state index in [0.29, 0.717) is 5.02 Å². The molecule has 1 heterocycles. The van der Waals surface area contributed by atoms with E-state index in [1.165, 1.54) is 18.2 Å². The monoisotopic (exact) mass is 280 g/mol. The Bertz CT molecular complexity index is 696. The lowest BCUT2D eigenvalue weighted by Gasteiger charge is -2.07. The van der Waals surface area contributed by atoms with Crippen LogP contribution in [0.25, 0.3) is 0 Å². The average Bonchev–Trinajstić information content (AvgIpc) is 2.32. The smallest absolute Gasteiger partial charge is 0.256 e. The van der Waals surface area contributed by atoms with E-state index in [4.69, 9.17) is 11.6 Å². The van der Waals surface area contributed by atoms with Crippen molar-refractivity contribution in [1.29, 1.82) is 0 Å². The highest BCUT2D eigenvalue weighted by atomic mass is 35.5. The highest BCUT2D eigenvalue weighted by molar-refractivity contribution is 6.31. The van der Waals surface area contributed by atoms with Crippen molar-refractivity contribution < 1.29 is 15.0 Å². The molecule has 6 nitrogen and oxygen atoms in total. The van der Waals surface area contributed by atoms with Gasteiger partial charge in [-0.15, -0.1) is 0 Å². The normalized spacial score (nSPS) is 10.2. The van der Waals surface area contributed by atoms with Crippen LogP contribution >= 0.6 is 11.6 Å². The number of aromatic amines is 1. The average molecular weight is 281 g/mol. The minimum Gasteiger partial charge on any atom is -0.506 e. The van der Waals surface area contributed by atoms with E-state index in [9.17, 15) is 19.8 Å². The van der Waals surface area contributed by atoms with Gasteiger partial charge >= 0.3 is 0 Å². The molecule has 98 valence electrons. The molecule has 4 N–H and O–H groups in total. The minimum atomic E-state index is -0.654. The molecule has 0 aliphatic heterocycles. The number of phenols is 1. The fourth-order valence-corrected chi connectivity index (χ4v) is 1.63. The van der Waals surface area contributed by atoms with E-state index in [2.05, 4.69) is 10.3 Å². The number of halogens is 1. The maximum atomic E-state index is 11.9. The second-order valence-corrected chi connectivity index (χ2v) is 4.17. The van der Waals surface area contributed by atoms with Gasteiger partial charge in [-0.25, -0.2) is 0 Å². The second kappa shape index (κ2) is 5.03. The first kappa shape index (κ1) is 13.0. The summed E-state index contributed by atoms with van der Waals surface area (Å²) in [5, 5.41) is 21.5. The topological polar surface area (TPSA) is 102 Å². The van der Waals surface area contributed by atoms with Gasteiger partial charge in [-0.1, -0.05) is 11.6 Å². The lowest BCUT2D eigenvalue weighted by molar-refractivity contribution is 0.102. The highest BCUT2D eigenvalue weighted by Crippen LogP contribution is 2.26. The number of aromatic hydroxyl groups is 2. The molecule has 0 atom stereocenters. The number of H-pyrrole nitrogens is 1. The summed E-state index contributed by atoms with van der Waals surface area (Å²) in [5.74, 6) is -1.24. The molecule has 2 aromatic rings. The lowest BCUT2D eigenvalue weighted by Crippen LogP contribution is -2.15. The van der Waals surface area contributed by atoms with Crippen LogP contribution in [0, 0.1) is 0 Å². The van der Waals surface area contributed by atoms with Gasteiger partial charge in [-0.3, -0.25) is 14.6 Å². The van der Waals surface area contributed by atoms with E-state index >= 15 is 0 Å². The number of aromatic nitrogens is 1. The number of nitrogens with one attached hydrogen (secondary N) is 2. The fraction of sp³-hybridized carbons (Fsp3) is 0. The summed E-state index contributed by atoms with van der Waals surface area (Å²) in [4.78, 5) is 25.1. The summed E-state index contributed by atoms with van der Waals surface area (Å²) in [6.45, 7) is 0. The summed E-state index contributed by atoms with van der Waals surface area (Å²) in [6, 6.07) is 6.27. The third kappa shape index (κ3) is 3.05. The molecule has 19 heavy (non-hydrogen) atoms. The summed E-state index contributed by atoms with van der Waals surface area (Å²) in [6.07, 6.45) is 0. The molecule has 1 aromatic carbocycles. The van der Waals surface area contributed by atoms with Gasteiger partial charge in [-0.2, -0.15) is 0 Å². The van der Waals surface area contributed by atoms with Gasteiger partial charge in [0.15, 0.2) is 5.88 Å². The van der Waals surface area contributed by atoms with Gasteiger partial charge in [0.25, 0.3) is 11.5 Å². The molecular weight excluding hydrogens is 272 g/mol. The number of benzene rings is 1. The summed E-state index contributed by atoms with van der Waals surface area (Å²) in [5.41, 5.74) is -0.543. The third-order valence-electron chi connectivity index (χ3n) is 2.30. The van der Waals surface area contributed by atoms with Crippen LogP contribution in [0.15, 0.2) is 35.1 Å². The van der Waals surface area contributed by atoms with Crippen LogP contribution in [0.1, 0.15) is 10.4 Å². The quantitative estimate of drug-likeness (QED) is 0.629. The van der Waals surface area contributed by atoms with E-state index in [1.807, 2.05) is 0 Å². The number of amides is 1. The molecule has 0 bridgehead atoms. The number of pyridine rings is 1. The van der Waals surface area contributed by atoms with Gasteiger partial charge in [0.2, 0.25) is 0 Å². The molecule has 7 heteroatoms. The first-order valence-electron chi connectivity index (χ1n) is 5.19. The molecule has 0 radical (unpaired) electrons. The molecule has 1 aromatic heterocycles. The van der Waals surface area contributed by atoms with E-state index in [0.717, 1.165) is 12.1 Å². The molecular formula is C12H9ClN2O4. The van der Waals surface area contributed by atoms with Crippen LogP contribution in [-0.4, -0.2) is 21.1 Å². The Morgan fingerprint density at radius 3 is 2.63 bits per heavy atom. The van der Waals surface area contributed by atoms with Crippen LogP contribution < -0.4 is 10.9 Å². The van der Waals surface area contributed by atoms with Crippen molar-refractivity contribution in [2.24, 2.45) is 0 Å². The first-order valence-corrected chi connectivity index (χ1v) is 5.57. The van der Waals surface area contributed by atoms with Crippen molar-refractivity contribution in [3.05, 3.63) is 51.3 Å². The Morgan fingerprint density at radius 2 is 1.95 bits per heavy atom. The molecule has 0 unspecified atom stereocenters. The number of carbonyl (C=O) groups excluding carboxylic acids is 1. The van der Waals surface area contributed by atoms with Crippen LogP contribution in [0.4, 0.5) is 5.69 Å². The van der Waals surface area contributed by atoms with Crippen LogP contribution in [0.5, 0.6) is 11.6 Å². The zero-order valence-corrected chi connectivity index (χ0v) is 10.2. The number of hydrogen-bond acceptors (Lipinski definition) is 4. The van der Waals surface area contributed by atoms with E-state index in [-0.39, 0.29) is 17.0 Å². The Hall–Kier alpha value is -2.47. The molecule has 0 fully saturated rings. The number of carbonyl (C=O) groups is 1. The molecule has 2 rings (SSSR count). The van der Waals surface area contributed by atoms with Gasteiger partial charge < -0.3 is 15.5 Å². The Morgan fingerprint density at radius 1 is 1.21 bits per heavy atom. The van der Waals surface area contributed by atoms with Gasteiger partial charge in [0.05, 0.1) is 11.3 Å². The SMILES string of the molecule is O=C(Nc1cc(Cl)ccc1O)c1cc(O)[nH]c(=O)c1. The third-order valence-corrected chi connectivity index (χ3v) is 2.53. The molecule has 0 aliphatic rings.